The predicted octanol–water partition coefficient (Wildman–Crippen LogP) is 2.32. The van der Waals surface area contributed by atoms with E-state index in [1.54, 1.807) is 31.3 Å². The number of halogens is 1. The van der Waals surface area contributed by atoms with E-state index in [0.717, 1.165) is 6.42 Å². The van der Waals surface area contributed by atoms with Crippen LogP contribution in [0.1, 0.15) is 16.8 Å². The van der Waals surface area contributed by atoms with Gasteiger partial charge in [-0.1, -0.05) is 18.2 Å². The number of hydrogen-bond donors (Lipinski definition) is 0. The van der Waals surface area contributed by atoms with Gasteiger partial charge in [-0.25, -0.2) is 4.79 Å². The minimum Gasteiger partial charge on any atom is -0.364 e. The van der Waals surface area contributed by atoms with Crippen LogP contribution in [0.2, 0.25) is 0 Å². The van der Waals surface area contributed by atoms with Crippen LogP contribution in [-0.2, 0) is 4.84 Å². The van der Waals surface area contributed by atoms with Crippen molar-refractivity contribution in [3.05, 3.63) is 35.9 Å². The van der Waals surface area contributed by atoms with Gasteiger partial charge in [-0.15, -0.1) is 16.7 Å². The van der Waals surface area contributed by atoms with Crippen molar-refractivity contribution in [2.24, 2.45) is 0 Å². The molecular formula is C11H14ClNO2. The molecule has 0 aliphatic carbocycles. The summed E-state index contributed by atoms with van der Waals surface area (Å²) in [5.74, 6) is 0.223. The fourth-order valence-electron chi connectivity index (χ4n) is 1.10. The fourth-order valence-corrected chi connectivity index (χ4v) is 1.22. The lowest BCUT2D eigenvalue weighted by Crippen LogP contribution is -2.24. The van der Waals surface area contributed by atoms with Gasteiger partial charge in [-0.2, -0.15) is 0 Å². The summed E-state index contributed by atoms with van der Waals surface area (Å²) >= 11 is 5.53. The molecule has 0 amide bonds. The summed E-state index contributed by atoms with van der Waals surface area (Å²) in [6, 6.07) is 8.90. The fraction of sp³-hybridized carbons (Fsp3) is 0.364. The summed E-state index contributed by atoms with van der Waals surface area (Å²) in [5, 5.41) is 1.50. The molecule has 15 heavy (non-hydrogen) atoms. The number of carbonyl (C=O) groups excluding carboxylic acids is 1. The molecule has 0 unspecified atom stereocenters. The molecule has 1 aromatic carbocycles. The Hall–Kier alpha value is -1.06. The van der Waals surface area contributed by atoms with Crippen molar-refractivity contribution < 1.29 is 9.63 Å². The molecule has 3 nitrogen and oxygen atoms in total. The molecule has 0 radical (unpaired) electrons. The Kier molecular flexibility index (Phi) is 5.15. The number of benzene rings is 1. The third kappa shape index (κ3) is 4.32. The van der Waals surface area contributed by atoms with E-state index in [1.165, 1.54) is 5.06 Å². The second-order valence-corrected chi connectivity index (χ2v) is 3.52. The Labute approximate surface area is 94.5 Å². The summed E-state index contributed by atoms with van der Waals surface area (Å²) in [6.45, 7) is 0.641. The zero-order chi connectivity index (χ0) is 11.1. The Morgan fingerprint density at radius 3 is 2.67 bits per heavy atom. The molecule has 0 bridgehead atoms. The molecule has 0 heterocycles. The molecule has 4 heteroatoms. The molecule has 1 aromatic rings. The van der Waals surface area contributed by atoms with Crippen molar-refractivity contribution >= 4 is 17.6 Å². The van der Waals surface area contributed by atoms with Crippen molar-refractivity contribution in [2.45, 2.75) is 6.42 Å². The monoisotopic (exact) mass is 227 g/mol. The van der Waals surface area contributed by atoms with Crippen molar-refractivity contribution in [2.75, 3.05) is 19.5 Å². The van der Waals surface area contributed by atoms with Crippen LogP contribution in [0, 0.1) is 0 Å². The van der Waals surface area contributed by atoms with Gasteiger partial charge in [0.25, 0.3) is 0 Å². The lowest BCUT2D eigenvalue weighted by molar-refractivity contribution is -0.0898. The maximum Gasteiger partial charge on any atom is 0.357 e. The second kappa shape index (κ2) is 6.43. The highest BCUT2D eigenvalue weighted by atomic mass is 35.5. The zero-order valence-electron chi connectivity index (χ0n) is 8.65. The van der Waals surface area contributed by atoms with E-state index in [4.69, 9.17) is 16.4 Å². The number of hydrogen-bond acceptors (Lipinski definition) is 3. The Morgan fingerprint density at radius 1 is 1.40 bits per heavy atom. The van der Waals surface area contributed by atoms with Crippen LogP contribution in [0.5, 0.6) is 0 Å². The summed E-state index contributed by atoms with van der Waals surface area (Å²) in [4.78, 5) is 16.6. The zero-order valence-corrected chi connectivity index (χ0v) is 9.41. The van der Waals surface area contributed by atoms with Gasteiger partial charge in [0.2, 0.25) is 0 Å². The van der Waals surface area contributed by atoms with Crippen LogP contribution in [0.4, 0.5) is 0 Å². The molecule has 0 aromatic heterocycles. The van der Waals surface area contributed by atoms with Gasteiger partial charge >= 0.3 is 5.97 Å². The molecule has 0 spiro atoms. The van der Waals surface area contributed by atoms with E-state index in [-0.39, 0.29) is 5.97 Å². The number of alkyl halides is 1. The summed E-state index contributed by atoms with van der Waals surface area (Å²) < 4.78 is 0. The highest BCUT2D eigenvalue weighted by molar-refractivity contribution is 6.17. The quantitative estimate of drug-likeness (QED) is 0.571. The van der Waals surface area contributed by atoms with Crippen molar-refractivity contribution in [3.8, 4) is 0 Å². The average Bonchev–Trinajstić information content (AvgIpc) is 2.27. The lowest BCUT2D eigenvalue weighted by atomic mass is 10.2. The molecule has 0 fully saturated rings. The third-order valence-corrected chi connectivity index (χ3v) is 2.12. The van der Waals surface area contributed by atoms with Gasteiger partial charge in [0.05, 0.1) is 5.56 Å². The molecule has 0 aliphatic heterocycles. The summed E-state index contributed by atoms with van der Waals surface area (Å²) in [5.41, 5.74) is 0.551. The maximum absolute atomic E-state index is 11.5. The number of hydroxylamine groups is 2. The first kappa shape index (κ1) is 12.0. The number of rotatable bonds is 5. The van der Waals surface area contributed by atoms with Crippen LogP contribution in [0.25, 0.3) is 0 Å². The Morgan fingerprint density at radius 2 is 2.07 bits per heavy atom. The normalized spacial score (nSPS) is 10.3. The largest absolute Gasteiger partial charge is 0.364 e. The topological polar surface area (TPSA) is 29.5 Å². The molecule has 0 saturated heterocycles. The minimum absolute atomic E-state index is 0.340. The Bertz CT molecular complexity index is 303. The van der Waals surface area contributed by atoms with E-state index >= 15 is 0 Å². The molecular weight excluding hydrogens is 214 g/mol. The third-order valence-electron chi connectivity index (χ3n) is 1.85. The number of carbonyl (C=O) groups is 1. The highest BCUT2D eigenvalue weighted by Gasteiger charge is 2.09. The first-order chi connectivity index (χ1) is 7.24. The van der Waals surface area contributed by atoms with Crippen LogP contribution < -0.4 is 0 Å². The van der Waals surface area contributed by atoms with Crippen molar-refractivity contribution in [1.29, 1.82) is 0 Å². The first-order valence-electron chi connectivity index (χ1n) is 4.78. The summed E-state index contributed by atoms with van der Waals surface area (Å²) in [7, 11) is 1.72. The van der Waals surface area contributed by atoms with Crippen LogP contribution >= 0.6 is 11.6 Å². The van der Waals surface area contributed by atoms with Gasteiger partial charge in [-0.05, 0) is 18.6 Å². The summed E-state index contributed by atoms with van der Waals surface area (Å²) in [6.07, 6.45) is 0.792. The average molecular weight is 228 g/mol. The molecule has 0 N–H and O–H groups in total. The minimum atomic E-state index is -0.340. The van der Waals surface area contributed by atoms with E-state index < -0.39 is 0 Å². The van der Waals surface area contributed by atoms with Gasteiger partial charge in [0, 0.05) is 19.5 Å². The molecule has 0 atom stereocenters. The van der Waals surface area contributed by atoms with Crippen molar-refractivity contribution in [1.82, 2.24) is 5.06 Å². The van der Waals surface area contributed by atoms with Crippen LogP contribution in [0.15, 0.2) is 30.3 Å². The lowest BCUT2D eigenvalue weighted by Gasteiger charge is -2.15. The molecule has 0 aliphatic rings. The number of nitrogens with zero attached hydrogens (tertiary/aromatic N) is 1. The predicted molar refractivity (Wildman–Crippen MR) is 59.8 cm³/mol. The standard InChI is InChI=1S/C11H14ClNO2/c1-13(9-5-8-12)15-11(14)10-6-3-2-4-7-10/h2-4,6-7H,5,8-9H2,1H3. The second-order valence-electron chi connectivity index (χ2n) is 3.14. The Balaban J connectivity index is 2.42. The smallest absolute Gasteiger partial charge is 0.357 e. The first-order valence-corrected chi connectivity index (χ1v) is 5.32. The van der Waals surface area contributed by atoms with Gasteiger partial charge in [0.15, 0.2) is 0 Å². The van der Waals surface area contributed by atoms with Gasteiger partial charge in [-0.3, -0.25) is 0 Å². The van der Waals surface area contributed by atoms with Crippen LogP contribution in [-0.4, -0.2) is 30.5 Å². The maximum atomic E-state index is 11.5. The SMILES string of the molecule is CN(CCCCl)OC(=O)c1ccccc1. The molecule has 1 rings (SSSR count). The van der Waals surface area contributed by atoms with Gasteiger partial charge in [0.1, 0.15) is 0 Å². The van der Waals surface area contributed by atoms with E-state index in [2.05, 4.69) is 0 Å². The van der Waals surface area contributed by atoms with Crippen molar-refractivity contribution in [3.63, 3.8) is 0 Å². The van der Waals surface area contributed by atoms with Crippen LogP contribution in [0.3, 0.4) is 0 Å². The van der Waals surface area contributed by atoms with E-state index in [0.29, 0.717) is 18.0 Å². The molecule has 0 saturated carbocycles. The molecule has 82 valence electrons. The highest BCUT2D eigenvalue weighted by Crippen LogP contribution is 2.02. The van der Waals surface area contributed by atoms with Gasteiger partial charge < -0.3 is 4.84 Å². The van der Waals surface area contributed by atoms with E-state index in [9.17, 15) is 4.79 Å². The van der Waals surface area contributed by atoms with E-state index in [1.807, 2.05) is 6.07 Å².